The van der Waals surface area contributed by atoms with Crippen molar-refractivity contribution in [3.05, 3.63) is 34.1 Å². The minimum absolute atomic E-state index is 0.278. The van der Waals surface area contributed by atoms with Crippen LogP contribution in [-0.2, 0) is 16.0 Å². The Kier molecular flexibility index (Phi) is 3.73. The van der Waals surface area contributed by atoms with Gasteiger partial charge in [-0.25, -0.2) is 4.39 Å². The van der Waals surface area contributed by atoms with E-state index in [1.807, 2.05) is 0 Å². The maximum Gasteiger partial charge on any atom is 0.312 e. The van der Waals surface area contributed by atoms with Crippen LogP contribution < -0.4 is 0 Å². The zero-order valence-electron chi connectivity index (χ0n) is 9.95. The van der Waals surface area contributed by atoms with Gasteiger partial charge in [-0.05, 0) is 43.5 Å². The van der Waals surface area contributed by atoms with E-state index in [1.54, 1.807) is 13.0 Å². The molecule has 2 atom stereocenters. The second-order valence-corrected chi connectivity index (χ2v) is 5.59. The number of rotatable bonds is 3. The number of halogens is 2. The first-order chi connectivity index (χ1) is 8.44. The number of carboxylic acids is 1. The molecule has 0 spiro atoms. The molecule has 0 radical (unpaired) electrons. The van der Waals surface area contributed by atoms with Crippen LogP contribution in [0, 0.1) is 11.2 Å². The first-order valence-corrected chi connectivity index (χ1v) is 6.53. The lowest BCUT2D eigenvalue weighted by Gasteiger charge is -2.27. The molecular formula is C13H14BrFO3. The third kappa shape index (κ3) is 2.42. The van der Waals surface area contributed by atoms with Crippen LogP contribution in [0.3, 0.4) is 0 Å². The summed E-state index contributed by atoms with van der Waals surface area (Å²) in [5, 5.41) is 9.45. The number of ether oxygens (including phenoxy) is 1. The molecular weight excluding hydrogens is 303 g/mol. The van der Waals surface area contributed by atoms with Crippen LogP contribution in [0.5, 0.6) is 0 Å². The van der Waals surface area contributed by atoms with Crippen molar-refractivity contribution in [3.8, 4) is 0 Å². The molecule has 98 valence electrons. The summed E-state index contributed by atoms with van der Waals surface area (Å²) < 4.78 is 19.3. The van der Waals surface area contributed by atoms with E-state index >= 15 is 0 Å². The molecule has 5 heteroatoms. The van der Waals surface area contributed by atoms with Gasteiger partial charge in [-0.3, -0.25) is 4.79 Å². The molecule has 2 unspecified atom stereocenters. The van der Waals surface area contributed by atoms with Gasteiger partial charge in [0.25, 0.3) is 0 Å². The minimum Gasteiger partial charge on any atom is -0.481 e. The second-order valence-electron chi connectivity index (χ2n) is 4.68. The van der Waals surface area contributed by atoms with Crippen molar-refractivity contribution >= 4 is 21.9 Å². The standard InChI is InChI=1S/C13H14BrFO3/c1-8-13(12(16)17,2-3-18-8)7-9-4-10(14)6-11(15)5-9/h4-6,8H,2-3,7H2,1H3,(H,16,17). The zero-order valence-corrected chi connectivity index (χ0v) is 11.5. The molecule has 2 rings (SSSR count). The summed E-state index contributed by atoms with van der Waals surface area (Å²) in [5.74, 6) is -1.25. The first kappa shape index (κ1) is 13.5. The summed E-state index contributed by atoms with van der Waals surface area (Å²) in [4.78, 5) is 11.5. The summed E-state index contributed by atoms with van der Waals surface area (Å²) in [6, 6.07) is 4.48. The van der Waals surface area contributed by atoms with Gasteiger partial charge in [0.15, 0.2) is 0 Å². The molecule has 0 saturated carbocycles. The molecule has 1 saturated heterocycles. The molecule has 0 aliphatic carbocycles. The Bertz CT molecular complexity index is 457. The van der Waals surface area contributed by atoms with Gasteiger partial charge >= 0.3 is 5.97 Å². The summed E-state index contributed by atoms with van der Waals surface area (Å²) >= 11 is 3.21. The van der Waals surface area contributed by atoms with Crippen LogP contribution >= 0.6 is 15.9 Å². The van der Waals surface area contributed by atoms with E-state index in [4.69, 9.17) is 4.74 Å². The smallest absolute Gasteiger partial charge is 0.312 e. The monoisotopic (exact) mass is 316 g/mol. The molecule has 0 amide bonds. The summed E-state index contributed by atoms with van der Waals surface area (Å²) in [7, 11) is 0. The molecule has 0 bridgehead atoms. The number of aliphatic carboxylic acids is 1. The lowest BCUT2D eigenvalue weighted by molar-refractivity contribution is -0.151. The van der Waals surface area contributed by atoms with Crippen molar-refractivity contribution in [2.75, 3.05) is 6.61 Å². The van der Waals surface area contributed by atoms with E-state index in [9.17, 15) is 14.3 Å². The Morgan fingerprint density at radius 1 is 1.61 bits per heavy atom. The number of hydrogen-bond acceptors (Lipinski definition) is 2. The van der Waals surface area contributed by atoms with Gasteiger partial charge in [0.05, 0.1) is 11.5 Å². The average molecular weight is 317 g/mol. The first-order valence-electron chi connectivity index (χ1n) is 5.74. The third-order valence-electron chi connectivity index (χ3n) is 3.56. The topological polar surface area (TPSA) is 46.5 Å². The van der Waals surface area contributed by atoms with E-state index < -0.39 is 11.4 Å². The van der Waals surface area contributed by atoms with Crippen molar-refractivity contribution in [3.63, 3.8) is 0 Å². The van der Waals surface area contributed by atoms with Gasteiger partial charge < -0.3 is 9.84 Å². The number of benzene rings is 1. The van der Waals surface area contributed by atoms with Gasteiger partial charge in [0.2, 0.25) is 0 Å². The average Bonchev–Trinajstić information content (AvgIpc) is 2.59. The van der Waals surface area contributed by atoms with Crippen LogP contribution in [0.4, 0.5) is 4.39 Å². The lowest BCUT2D eigenvalue weighted by atomic mass is 9.76. The summed E-state index contributed by atoms with van der Waals surface area (Å²) in [5.41, 5.74) is -0.283. The quantitative estimate of drug-likeness (QED) is 0.932. The van der Waals surface area contributed by atoms with Gasteiger partial charge in [-0.1, -0.05) is 15.9 Å². The maximum absolute atomic E-state index is 13.3. The lowest BCUT2D eigenvalue weighted by Crippen LogP contribution is -2.39. The van der Waals surface area contributed by atoms with Crippen molar-refractivity contribution in [1.29, 1.82) is 0 Å². The van der Waals surface area contributed by atoms with Gasteiger partial charge in [-0.15, -0.1) is 0 Å². The highest BCUT2D eigenvalue weighted by Gasteiger charge is 2.48. The van der Waals surface area contributed by atoms with Crippen LogP contribution in [-0.4, -0.2) is 23.8 Å². The molecule has 1 aromatic carbocycles. The van der Waals surface area contributed by atoms with Crippen molar-refractivity contribution in [1.82, 2.24) is 0 Å². The molecule has 1 fully saturated rings. The van der Waals surface area contributed by atoms with Gasteiger partial charge in [0.1, 0.15) is 5.82 Å². The second kappa shape index (κ2) is 4.97. The van der Waals surface area contributed by atoms with E-state index in [0.717, 1.165) is 0 Å². The van der Waals surface area contributed by atoms with Crippen LogP contribution in [0.2, 0.25) is 0 Å². The number of hydrogen-bond donors (Lipinski definition) is 1. The van der Waals surface area contributed by atoms with Gasteiger partial charge in [0, 0.05) is 11.1 Å². The highest BCUT2D eigenvalue weighted by Crippen LogP contribution is 2.39. The predicted molar refractivity (Wildman–Crippen MR) is 67.9 cm³/mol. The largest absolute Gasteiger partial charge is 0.481 e. The Balaban J connectivity index is 2.32. The fourth-order valence-corrected chi connectivity index (χ4v) is 2.96. The van der Waals surface area contributed by atoms with E-state index in [1.165, 1.54) is 12.1 Å². The molecule has 1 aromatic rings. The molecule has 1 N–H and O–H groups in total. The molecule has 3 nitrogen and oxygen atoms in total. The predicted octanol–water partition coefficient (Wildman–Crippen LogP) is 3.01. The molecule has 1 aliphatic heterocycles. The Labute approximate surface area is 113 Å². The Morgan fingerprint density at radius 3 is 2.83 bits per heavy atom. The Morgan fingerprint density at radius 2 is 2.33 bits per heavy atom. The Hall–Kier alpha value is -0.940. The third-order valence-corrected chi connectivity index (χ3v) is 4.02. The molecule has 1 aliphatic rings. The van der Waals surface area contributed by atoms with Crippen molar-refractivity contribution < 1.29 is 19.0 Å². The van der Waals surface area contributed by atoms with Crippen LogP contribution in [0.25, 0.3) is 0 Å². The minimum atomic E-state index is -0.951. The zero-order chi connectivity index (χ0) is 13.3. The van der Waals surface area contributed by atoms with E-state index in [-0.39, 0.29) is 18.3 Å². The maximum atomic E-state index is 13.3. The highest BCUT2D eigenvalue weighted by molar-refractivity contribution is 9.10. The van der Waals surface area contributed by atoms with E-state index in [0.29, 0.717) is 23.1 Å². The fraction of sp³-hybridized carbons (Fsp3) is 0.462. The van der Waals surface area contributed by atoms with Crippen LogP contribution in [0.1, 0.15) is 18.9 Å². The van der Waals surface area contributed by atoms with Crippen molar-refractivity contribution in [2.45, 2.75) is 25.9 Å². The van der Waals surface area contributed by atoms with Crippen LogP contribution in [0.15, 0.2) is 22.7 Å². The normalized spacial score (nSPS) is 27.4. The summed E-state index contributed by atoms with van der Waals surface area (Å²) in [6.45, 7) is 2.19. The number of carbonyl (C=O) groups is 1. The fourth-order valence-electron chi connectivity index (χ4n) is 2.45. The summed E-state index contributed by atoms with van der Waals surface area (Å²) in [6.07, 6.45) is 0.370. The van der Waals surface area contributed by atoms with Gasteiger partial charge in [-0.2, -0.15) is 0 Å². The molecule has 18 heavy (non-hydrogen) atoms. The highest BCUT2D eigenvalue weighted by atomic mass is 79.9. The molecule has 1 heterocycles. The van der Waals surface area contributed by atoms with Crippen molar-refractivity contribution in [2.24, 2.45) is 5.41 Å². The van der Waals surface area contributed by atoms with E-state index in [2.05, 4.69) is 15.9 Å². The number of carboxylic acid groups (broad SMARTS) is 1. The molecule has 0 aromatic heterocycles. The SMILES string of the molecule is CC1OCCC1(Cc1cc(F)cc(Br)c1)C(=O)O.